The van der Waals surface area contributed by atoms with Gasteiger partial charge in [0.2, 0.25) is 5.91 Å². The second-order valence-electron chi connectivity index (χ2n) is 4.81. The molecule has 7 heteroatoms. The van der Waals surface area contributed by atoms with Gasteiger partial charge in [-0.05, 0) is 12.5 Å². The Morgan fingerprint density at radius 1 is 1.60 bits per heavy atom. The summed E-state index contributed by atoms with van der Waals surface area (Å²) in [5.74, 6) is 0.283. The molecule has 0 radical (unpaired) electrons. The molecule has 2 rings (SSSR count). The van der Waals surface area contributed by atoms with E-state index >= 15 is 0 Å². The van der Waals surface area contributed by atoms with Gasteiger partial charge in [-0.2, -0.15) is 5.10 Å². The van der Waals surface area contributed by atoms with E-state index in [9.17, 15) is 4.79 Å². The highest BCUT2D eigenvalue weighted by Crippen LogP contribution is 2.27. The number of halogens is 1. The minimum atomic E-state index is -0.0224. The first kappa shape index (κ1) is 16.9. The number of carbonyl (C=O) groups excluding carboxylic acids is 1. The molecule has 2 heterocycles. The molecular weight excluding hydrogens is 280 g/mol. The SMILES string of the molecule is CCOCCNC(=O)[C@H]1CNC[C@@H]1c1cnn(C)c1.Cl. The molecule has 1 aromatic heterocycles. The average Bonchev–Trinajstić information content (AvgIpc) is 3.02. The molecule has 1 aliphatic rings. The van der Waals surface area contributed by atoms with Gasteiger partial charge in [0.1, 0.15) is 0 Å². The van der Waals surface area contributed by atoms with E-state index in [0.717, 1.165) is 18.7 Å². The third-order valence-electron chi connectivity index (χ3n) is 3.45. The first-order chi connectivity index (χ1) is 9.22. The molecule has 2 atom stereocenters. The van der Waals surface area contributed by atoms with Crippen LogP contribution < -0.4 is 10.6 Å². The number of nitrogens with zero attached hydrogens (tertiary/aromatic N) is 2. The number of amides is 1. The Bertz CT molecular complexity index is 424. The van der Waals surface area contributed by atoms with E-state index in [1.54, 1.807) is 4.68 Å². The summed E-state index contributed by atoms with van der Waals surface area (Å²) in [5, 5.41) is 10.4. The van der Waals surface area contributed by atoms with Crippen molar-refractivity contribution < 1.29 is 9.53 Å². The van der Waals surface area contributed by atoms with E-state index in [4.69, 9.17) is 4.74 Å². The Balaban J connectivity index is 0.00000200. The number of carbonyl (C=O) groups is 1. The van der Waals surface area contributed by atoms with Crippen molar-refractivity contribution in [2.45, 2.75) is 12.8 Å². The molecule has 2 N–H and O–H groups in total. The molecule has 1 fully saturated rings. The van der Waals surface area contributed by atoms with Crippen molar-refractivity contribution in [3.63, 3.8) is 0 Å². The van der Waals surface area contributed by atoms with E-state index in [1.165, 1.54) is 0 Å². The van der Waals surface area contributed by atoms with Crippen LogP contribution in [0.1, 0.15) is 18.4 Å². The number of aromatic nitrogens is 2. The average molecular weight is 303 g/mol. The summed E-state index contributed by atoms with van der Waals surface area (Å²) in [7, 11) is 1.89. The number of hydrogen-bond acceptors (Lipinski definition) is 4. The van der Waals surface area contributed by atoms with Crippen molar-refractivity contribution in [1.29, 1.82) is 0 Å². The van der Waals surface area contributed by atoms with Gasteiger partial charge in [-0.3, -0.25) is 9.48 Å². The lowest BCUT2D eigenvalue weighted by Gasteiger charge is -2.16. The van der Waals surface area contributed by atoms with Gasteiger partial charge in [0.25, 0.3) is 0 Å². The van der Waals surface area contributed by atoms with E-state index < -0.39 is 0 Å². The van der Waals surface area contributed by atoms with Gasteiger partial charge in [0, 0.05) is 45.4 Å². The zero-order valence-corrected chi connectivity index (χ0v) is 12.8. The molecular formula is C13H23ClN4O2. The first-order valence-corrected chi connectivity index (χ1v) is 6.77. The quantitative estimate of drug-likeness (QED) is 0.742. The smallest absolute Gasteiger partial charge is 0.225 e. The van der Waals surface area contributed by atoms with Crippen molar-refractivity contribution in [2.24, 2.45) is 13.0 Å². The minimum absolute atomic E-state index is 0. The lowest BCUT2D eigenvalue weighted by molar-refractivity contribution is -0.125. The highest BCUT2D eigenvalue weighted by molar-refractivity contribution is 5.85. The van der Waals surface area contributed by atoms with E-state index in [0.29, 0.717) is 19.8 Å². The van der Waals surface area contributed by atoms with E-state index in [1.807, 2.05) is 26.4 Å². The van der Waals surface area contributed by atoms with Crippen LogP contribution in [-0.4, -0.2) is 48.5 Å². The molecule has 1 aliphatic heterocycles. The fourth-order valence-corrected chi connectivity index (χ4v) is 2.46. The standard InChI is InChI=1S/C13H22N4O2.ClH/c1-3-19-5-4-15-13(18)12-8-14-7-11(12)10-6-16-17(2)9-10;/h6,9,11-12,14H,3-5,7-8H2,1-2H3,(H,15,18);1H/t11-,12+;/m1./s1. The Morgan fingerprint density at radius 2 is 2.40 bits per heavy atom. The van der Waals surface area contributed by atoms with Crippen LogP contribution in [0.15, 0.2) is 12.4 Å². The summed E-state index contributed by atoms with van der Waals surface area (Å²) in [6, 6.07) is 0. The Morgan fingerprint density at radius 3 is 3.05 bits per heavy atom. The number of rotatable bonds is 6. The summed E-state index contributed by atoms with van der Waals surface area (Å²) >= 11 is 0. The summed E-state index contributed by atoms with van der Waals surface area (Å²) in [4.78, 5) is 12.2. The second-order valence-corrected chi connectivity index (χ2v) is 4.81. The van der Waals surface area contributed by atoms with Crippen molar-refractivity contribution in [3.05, 3.63) is 18.0 Å². The van der Waals surface area contributed by atoms with Gasteiger partial charge in [-0.1, -0.05) is 0 Å². The second kappa shape index (κ2) is 8.24. The van der Waals surface area contributed by atoms with Crippen LogP contribution >= 0.6 is 12.4 Å². The fraction of sp³-hybridized carbons (Fsp3) is 0.692. The Kier molecular flexibility index (Phi) is 6.98. The molecule has 0 aliphatic carbocycles. The van der Waals surface area contributed by atoms with Gasteiger partial charge >= 0.3 is 0 Å². The van der Waals surface area contributed by atoms with Gasteiger partial charge in [0.15, 0.2) is 0 Å². The molecule has 6 nitrogen and oxygen atoms in total. The van der Waals surface area contributed by atoms with E-state index in [-0.39, 0.29) is 30.2 Å². The molecule has 114 valence electrons. The zero-order chi connectivity index (χ0) is 13.7. The molecule has 0 aromatic carbocycles. The van der Waals surface area contributed by atoms with Crippen LogP contribution in [0.25, 0.3) is 0 Å². The van der Waals surface area contributed by atoms with Crippen molar-refractivity contribution in [2.75, 3.05) is 32.8 Å². The third kappa shape index (κ3) is 4.19. The molecule has 0 bridgehead atoms. The number of ether oxygens (including phenoxy) is 1. The van der Waals surface area contributed by atoms with Crippen molar-refractivity contribution in [3.8, 4) is 0 Å². The van der Waals surface area contributed by atoms with E-state index in [2.05, 4.69) is 15.7 Å². The number of aryl methyl sites for hydroxylation is 1. The van der Waals surface area contributed by atoms with Crippen LogP contribution in [0.3, 0.4) is 0 Å². The lowest BCUT2D eigenvalue weighted by atomic mass is 9.90. The third-order valence-corrected chi connectivity index (χ3v) is 3.45. The Hall–Kier alpha value is -1.11. The van der Waals surface area contributed by atoms with Crippen molar-refractivity contribution >= 4 is 18.3 Å². The van der Waals surface area contributed by atoms with Crippen LogP contribution in [0.2, 0.25) is 0 Å². The minimum Gasteiger partial charge on any atom is -0.380 e. The van der Waals surface area contributed by atoms with Crippen molar-refractivity contribution in [1.82, 2.24) is 20.4 Å². The predicted octanol–water partition coefficient (Wildman–Crippen LogP) is 0.298. The van der Waals surface area contributed by atoms with Crippen LogP contribution in [0.4, 0.5) is 0 Å². The molecule has 1 saturated heterocycles. The monoisotopic (exact) mass is 302 g/mol. The molecule has 0 saturated carbocycles. The number of hydrogen-bond donors (Lipinski definition) is 2. The maximum absolute atomic E-state index is 12.2. The highest BCUT2D eigenvalue weighted by Gasteiger charge is 2.34. The maximum atomic E-state index is 12.2. The summed E-state index contributed by atoms with van der Waals surface area (Å²) in [6.45, 7) is 5.32. The normalized spacial score (nSPS) is 21.5. The van der Waals surface area contributed by atoms with Crippen LogP contribution in [-0.2, 0) is 16.6 Å². The topological polar surface area (TPSA) is 68.2 Å². The number of nitrogens with one attached hydrogen (secondary N) is 2. The van der Waals surface area contributed by atoms with Crippen LogP contribution in [0.5, 0.6) is 0 Å². The largest absolute Gasteiger partial charge is 0.380 e. The zero-order valence-electron chi connectivity index (χ0n) is 12.0. The molecule has 1 amide bonds. The van der Waals surface area contributed by atoms with Crippen LogP contribution in [0, 0.1) is 5.92 Å². The molecule has 0 spiro atoms. The highest BCUT2D eigenvalue weighted by atomic mass is 35.5. The molecule has 1 aromatic rings. The fourth-order valence-electron chi connectivity index (χ4n) is 2.46. The molecule has 20 heavy (non-hydrogen) atoms. The van der Waals surface area contributed by atoms with Gasteiger partial charge in [0.05, 0.1) is 18.7 Å². The molecule has 0 unspecified atom stereocenters. The van der Waals surface area contributed by atoms with Gasteiger partial charge in [-0.25, -0.2) is 0 Å². The van der Waals surface area contributed by atoms with Gasteiger partial charge in [-0.15, -0.1) is 12.4 Å². The first-order valence-electron chi connectivity index (χ1n) is 6.77. The summed E-state index contributed by atoms with van der Waals surface area (Å²) in [5.41, 5.74) is 1.12. The maximum Gasteiger partial charge on any atom is 0.225 e. The summed E-state index contributed by atoms with van der Waals surface area (Å²) < 4.78 is 6.99. The Labute approximate surface area is 125 Å². The predicted molar refractivity (Wildman–Crippen MR) is 79.1 cm³/mol. The summed E-state index contributed by atoms with van der Waals surface area (Å²) in [6.07, 6.45) is 3.83. The lowest BCUT2D eigenvalue weighted by Crippen LogP contribution is -2.36. The van der Waals surface area contributed by atoms with Gasteiger partial charge < -0.3 is 15.4 Å².